The van der Waals surface area contributed by atoms with Crippen molar-refractivity contribution in [2.75, 3.05) is 13.6 Å². The summed E-state index contributed by atoms with van der Waals surface area (Å²) in [4.78, 5) is 24.6. The lowest BCUT2D eigenvalue weighted by Crippen LogP contribution is -2.32. The minimum Gasteiger partial charge on any atom is -0.478 e. The molecule has 0 aliphatic heterocycles. The Hall–Kier alpha value is -2.70. The highest BCUT2D eigenvalue weighted by atomic mass is 16.4. The Labute approximate surface area is 121 Å². The van der Waals surface area contributed by atoms with Crippen molar-refractivity contribution >= 4 is 11.9 Å². The normalized spacial score (nSPS) is 10.3. The van der Waals surface area contributed by atoms with Crippen LogP contribution in [0.5, 0.6) is 0 Å². The zero-order valence-corrected chi connectivity index (χ0v) is 11.6. The fraction of sp³-hybridized carbons (Fsp3) is 0.286. The Balaban J connectivity index is 1.93. The van der Waals surface area contributed by atoms with Gasteiger partial charge in [-0.2, -0.15) is 0 Å². The predicted molar refractivity (Wildman–Crippen MR) is 74.8 cm³/mol. The summed E-state index contributed by atoms with van der Waals surface area (Å²) in [5, 5.41) is 16.5. The third-order valence-electron chi connectivity index (χ3n) is 3.16. The first kappa shape index (κ1) is 14.7. The number of likely N-dealkylation sites (N-methyl/N-ethyl adjacent to an activating group) is 1. The van der Waals surface area contributed by atoms with E-state index in [9.17, 15) is 9.59 Å². The van der Waals surface area contributed by atoms with Crippen LogP contribution in [0.1, 0.15) is 15.9 Å². The van der Waals surface area contributed by atoms with E-state index in [4.69, 9.17) is 5.11 Å². The number of carbonyl (C=O) groups is 2. The van der Waals surface area contributed by atoms with E-state index in [1.165, 1.54) is 10.9 Å². The van der Waals surface area contributed by atoms with E-state index in [0.29, 0.717) is 18.5 Å². The van der Waals surface area contributed by atoms with Gasteiger partial charge in [-0.05, 0) is 18.1 Å². The molecule has 2 rings (SSSR count). The van der Waals surface area contributed by atoms with Gasteiger partial charge in [-0.25, -0.2) is 9.48 Å². The Kier molecular flexibility index (Phi) is 4.65. The first-order valence-electron chi connectivity index (χ1n) is 6.47. The van der Waals surface area contributed by atoms with Crippen molar-refractivity contribution in [3.8, 4) is 0 Å². The quantitative estimate of drug-likeness (QED) is 0.844. The van der Waals surface area contributed by atoms with Gasteiger partial charge >= 0.3 is 5.97 Å². The van der Waals surface area contributed by atoms with Crippen LogP contribution in [0.25, 0.3) is 0 Å². The number of carboxylic acid groups (broad SMARTS) is 1. The maximum absolute atomic E-state index is 12.0. The van der Waals surface area contributed by atoms with E-state index in [-0.39, 0.29) is 18.0 Å². The molecule has 7 nitrogen and oxygen atoms in total. The summed E-state index contributed by atoms with van der Waals surface area (Å²) in [5.41, 5.74) is 0.986. The second-order valence-electron chi connectivity index (χ2n) is 4.63. The standard InChI is InChI=1S/C14H16N4O3/c1-17(13(19)10-18-9-7-15-16-18)8-6-11-4-2-3-5-12(11)14(20)21/h2-5,7,9H,6,8,10H2,1H3,(H,20,21). The molecule has 0 aliphatic carbocycles. The second-order valence-corrected chi connectivity index (χ2v) is 4.63. The fourth-order valence-electron chi connectivity index (χ4n) is 1.94. The third-order valence-corrected chi connectivity index (χ3v) is 3.16. The number of nitrogens with zero attached hydrogens (tertiary/aromatic N) is 4. The van der Waals surface area contributed by atoms with E-state index >= 15 is 0 Å². The van der Waals surface area contributed by atoms with E-state index in [1.807, 2.05) is 0 Å². The monoisotopic (exact) mass is 288 g/mol. The Bertz CT molecular complexity index is 625. The van der Waals surface area contributed by atoms with E-state index in [0.717, 1.165) is 0 Å². The van der Waals surface area contributed by atoms with Crippen LogP contribution in [-0.2, 0) is 17.8 Å². The van der Waals surface area contributed by atoms with Crippen molar-refractivity contribution in [2.24, 2.45) is 0 Å². The maximum Gasteiger partial charge on any atom is 0.335 e. The van der Waals surface area contributed by atoms with Gasteiger partial charge in [0.15, 0.2) is 0 Å². The van der Waals surface area contributed by atoms with Crippen molar-refractivity contribution in [3.63, 3.8) is 0 Å². The zero-order chi connectivity index (χ0) is 15.2. The Morgan fingerprint density at radius 2 is 2.10 bits per heavy atom. The molecule has 0 saturated carbocycles. The van der Waals surface area contributed by atoms with E-state index < -0.39 is 5.97 Å². The van der Waals surface area contributed by atoms with Gasteiger partial charge in [0.05, 0.1) is 11.8 Å². The van der Waals surface area contributed by atoms with Gasteiger partial charge in [0.2, 0.25) is 5.91 Å². The van der Waals surface area contributed by atoms with Gasteiger partial charge in [0, 0.05) is 19.8 Å². The van der Waals surface area contributed by atoms with Crippen LogP contribution in [0.4, 0.5) is 0 Å². The number of hydrogen-bond acceptors (Lipinski definition) is 4. The van der Waals surface area contributed by atoms with Crippen LogP contribution >= 0.6 is 0 Å². The molecular formula is C14H16N4O3. The predicted octanol–water partition coefficient (Wildman–Crippen LogP) is 0.677. The van der Waals surface area contributed by atoms with Crippen LogP contribution in [0, 0.1) is 0 Å². The number of benzene rings is 1. The summed E-state index contributed by atoms with van der Waals surface area (Å²) < 4.78 is 1.45. The Morgan fingerprint density at radius 1 is 1.33 bits per heavy atom. The molecule has 1 aromatic carbocycles. The summed E-state index contributed by atoms with van der Waals surface area (Å²) in [6.07, 6.45) is 3.62. The number of rotatable bonds is 6. The summed E-state index contributed by atoms with van der Waals surface area (Å²) in [7, 11) is 1.68. The minimum atomic E-state index is -0.956. The minimum absolute atomic E-state index is 0.103. The lowest BCUT2D eigenvalue weighted by Gasteiger charge is -2.17. The third kappa shape index (κ3) is 3.88. The average Bonchev–Trinajstić information content (AvgIpc) is 2.97. The van der Waals surface area contributed by atoms with Crippen LogP contribution in [0.15, 0.2) is 36.7 Å². The number of aromatic nitrogens is 3. The molecule has 1 aromatic heterocycles. The molecule has 0 spiro atoms. The molecule has 2 aromatic rings. The van der Waals surface area contributed by atoms with Crippen molar-refractivity contribution in [3.05, 3.63) is 47.8 Å². The first-order valence-corrected chi connectivity index (χ1v) is 6.47. The van der Waals surface area contributed by atoms with E-state index in [1.54, 1.807) is 42.4 Å². The summed E-state index contributed by atoms with van der Waals surface area (Å²) in [6, 6.07) is 6.81. The molecule has 0 bridgehead atoms. The van der Waals surface area contributed by atoms with Crippen molar-refractivity contribution < 1.29 is 14.7 Å². The molecule has 0 fully saturated rings. The summed E-state index contributed by atoms with van der Waals surface area (Å²) >= 11 is 0. The maximum atomic E-state index is 12.0. The molecule has 0 aliphatic rings. The Morgan fingerprint density at radius 3 is 2.76 bits per heavy atom. The zero-order valence-electron chi connectivity index (χ0n) is 11.6. The molecule has 1 amide bonds. The first-order chi connectivity index (χ1) is 10.1. The largest absolute Gasteiger partial charge is 0.478 e. The SMILES string of the molecule is CN(CCc1ccccc1C(=O)O)C(=O)Cn1ccnn1. The smallest absolute Gasteiger partial charge is 0.335 e. The van der Waals surface area contributed by atoms with Crippen molar-refractivity contribution in [1.82, 2.24) is 19.9 Å². The lowest BCUT2D eigenvalue weighted by atomic mass is 10.0. The number of amides is 1. The molecule has 0 radical (unpaired) electrons. The number of aromatic carboxylic acids is 1. The molecule has 1 heterocycles. The molecule has 0 saturated heterocycles. The fourth-order valence-corrected chi connectivity index (χ4v) is 1.94. The van der Waals surface area contributed by atoms with Gasteiger partial charge in [-0.15, -0.1) is 5.10 Å². The molecular weight excluding hydrogens is 272 g/mol. The number of carboxylic acids is 1. The number of hydrogen-bond donors (Lipinski definition) is 1. The molecule has 21 heavy (non-hydrogen) atoms. The molecule has 1 N–H and O–H groups in total. The van der Waals surface area contributed by atoms with Crippen molar-refractivity contribution in [1.29, 1.82) is 0 Å². The lowest BCUT2D eigenvalue weighted by molar-refractivity contribution is -0.130. The van der Waals surface area contributed by atoms with Crippen LogP contribution in [-0.4, -0.2) is 50.5 Å². The molecule has 110 valence electrons. The average molecular weight is 288 g/mol. The highest BCUT2D eigenvalue weighted by Gasteiger charge is 2.13. The highest BCUT2D eigenvalue weighted by molar-refractivity contribution is 5.89. The van der Waals surface area contributed by atoms with Gasteiger partial charge in [-0.1, -0.05) is 23.4 Å². The van der Waals surface area contributed by atoms with Gasteiger partial charge in [0.25, 0.3) is 0 Å². The molecule has 0 unspecified atom stereocenters. The van der Waals surface area contributed by atoms with Crippen LogP contribution < -0.4 is 0 Å². The van der Waals surface area contributed by atoms with Crippen molar-refractivity contribution in [2.45, 2.75) is 13.0 Å². The topological polar surface area (TPSA) is 88.3 Å². The van der Waals surface area contributed by atoms with Gasteiger partial charge in [-0.3, -0.25) is 4.79 Å². The molecule has 0 atom stereocenters. The molecule has 7 heteroatoms. The highest BCUT2D eigenvalue weighted by Crippen LogP contribution is 2.10. The summed E-state index contributed by atoms with van der Waals surface area (Å²) in [5.74, 6) is -1.06. The van der Waals surface area contributed by atoms with Crippen LogP contribution in [0.3, 0.4) is 0 Å². The van der Waals surface area contributed by atoms with Gasteiger partial charge in [0.1, 0.15) is 6.54 Å². The van der Waals surface area contributed by atoms with Gasteiger partial charge < -0.3 is 10.0 Å². The van der Waals surface area contributed by atoms with E-state index in [2.05, 4.69) is 10.3 Å². The second kappa shape index (κ2) is 6.65. The summed E-state index contributed by atoms with van der Waals surface area (Å²) in [6.45, 7) is 0.564. The van der Waals surface area contributed by atoms with Crippen LogP contribution in [0.2, 0.25) is 0 Å². The number of carbonyl (C=O) groups excluding carboxylic acids is 1.